The Balaban J connectivity index is 0.00000261. The summed E-state index contributed by atoms with van der Waals surface area (Å²) in [5.41, 5.74) is -0.530. The molecule has 0 aromatic carbocycles. The number of hydrogen-bond donors (Lipinski definition) is 1. The van der Waals surface area contributed by atoms with Crippen LogP contribution in [0.15, 0.2) is 0 Å². The van der Waals surface area contributed by atoms with Crippen LogP contribution in [0, 0.1) is 29.1 Å². The Morgan fingerprint density at radius 2 is 1.37 bits per heavy atom. The van der Waals surface area contributed by atoms with E-state index in [1.165, 1.54) is 12.8 Å². The van der Waals surface area contributed by atoms with Crippen LogP contribution in [-0.2, 0) is 9.59 Å². The zero-order chi connectivity index (χ0) is 18.9. The molecule has 2 amide bonds. The van der Waals surface area contributed by atoms with E-state index in [9.17, 15) is 9.59 Å². The first-order valence-corrected chi connectivity index (χ1v) is 10.6. The summed E-state index contributed by atoms with van der Waals surface area (Å²) in [7, 11) is 0. The predicted molar refractivity (Wildman–Crippen MR) is 111 cm³/mol. The van der Waals surface area contributed by atoms with Gasteiger partial charge in [0.25, 0.3) is 0 Å². The average molecular weight is 400 g/mol. The molecule has 0 aromatic heterocycles. The topological polar surface area (TPSA) is 52.7 Å². The number of nitrogens with zero attached hydrogens (tertiary/aromatic N) is 2. The van der Waals surface area contributed by atoms with Crippen LogP contribution in [0.2, 0.25) is 0 Å². The molecule has 0 aromatic rings. The molecule has 3 aliphatic rings. The van der Waals surface area contributed by atoms with Crippen molar-refractivity contribution in [3.05, 3.63) is 0 Å². The van der Waals surface area contributed by atoms with Crippen LogP contribution in [0.4, 0.5) is 0 Å². The van der Waals surface area contributed by atoms with E-state index in [0.29, 0.717) is 36.6 Å². The van der Waals surface area contributed by atoms with Gasteiger partial charge in [-0.05, 0) is 49.5 Å². The van der Waals surface area contributed by atoms with Gasteiger partial charge in [-0.2, -0.15) is 0 Å². The van der Waals surface area contributed by atoms with Gasteiger partial charge >= 0.3 is 0 Å². The van der Waals surface area contributed by atoms with E-state index >= 15 is 0 Å². The molecular formula is C21H38ClN3O2. The smallest absolute Gasteiger partial charge is 0.230 e. The second kappa shape index (κ2) is 9.13. The van der Waals surface area contributed by atoms with Crippen molar-refractivity contribution in [1.29, 1.82) is 0 Å². The van der Waals surface area contributed by atoms with Crippen molar-refractivity contribution in [3.8, 4) is 0 Å². The molecule has 0 bridgehead atoms. The first-order chi connectivity index (χ1) is 12.3. The number of piperidine rings is 2. The second-order valence-corrected chi connectivity index (χ2v) is 9.78. The lowest BCUT2D eigenvalue weighted by Crippen LogP contribution is -2.53. The van der Waals surface area contributed by atoms with Crippen molar-refractivity contribution in [2.24, 2.45) is 29.1 Å². The minimum atomic E-state index is -0.530. The maximum atomic E-state index is 13.5. The van der Waals surface area contributed by atoms with Gasteiger partial charge in [-0.15, -0.1) is 12.4 Å². The molecule has 0 spiro atoms. The molecule has 3 heterocycles. The van der Waals surface area contributed by atoms with Crippen LogP contribution in [0.1, 0.15) is 53.4 Å². The van der Waals surface area contributed by atoms with Crippen LogP contribution >= 0.6 is 12.4 Å². The number of halogens is 1. The molecule has 0 saturated carbocycles. The maximum absolute atomic E-state index is 13.5. The third-order valence-corrected chi connectivity index (χ3v) is 6.56. The third kappa shape index (κ3) is 5.17. The van der Waals surface area contributed by atoms with Crippen LogP contribution in [0.3, 0.4) is 0 Å². The average Bonchev–Trinajstić information content (AvgIpc) is 3.02. The van der Waals surface area contributed by atoms with E-state index in [1.54, 1.807) is 0 Å². The fourth-order valence-corrected chi connectivity index (χ4v) is 5.58. The Morgan fingerprint density at radius 3 is 1.81 bits per heavy atom. The summed E-state index contributed by atoms with van der Waals surface area (Å²) in [5, 5.41) is 3.36. The van der Waals surface area contributed by atoms with Crippen molar-refractivity contribution in [2.75, 3.05) is 39.3 Å². The highest BCUT2D eigenvalue weighted by Gasteiger charge is 2.47. The number of hydrogen-bond acceptors (Lipinski definition) is 3. The van der Waals surface area contributed by atoms with Gasteiger partial charge in [0, 0.05) is 39.1 Å². The molecule has 27 heavy (non-hydrogen) atoms. The first kappa shape index (κ1) is 22.5. The molecular weight excluding hydrogens is 362 g/mol. The fraction of sp³-hybridized carbons (Fsp3) is 0.905. The summed E-state index contributed by atoms with van der Waals surface area (Å²) in [6, 6.07) is 0. The summed E-state index contributed by atoms with van der Waals surface area (Å²) < 4.78 is 0. The number of amides is 2. The third-order valence-electron chi connectivity index (χ3n) is 6.56. The summed E-state index contributed by atoms with van der Waals surface area (Å²) in [6.07, 6.45) is 3.55. The maximum Gasteiger partial charge on any atom is 0.230 e. The van der Waals surface area contributed by atoms with Crippen LogP contribution < -0.4 is 5.32 Å². The highest BCUT2D eigenvalue weighted by molar-refractivity contribution is 5.89. The lowest BCUT2D eigenvalue weighted by atomic mass is 9.79. The number of carbonyl (C=O) groups is 2. The van der Waals surface area contributed by atoms with Gasteiger partial charge in [0.2, 0.25) is 11.8 Å². The molecule has 3 fully saturated rings. The van der Waals surface area contributed by atoms with Gasteiger partial charge < -0.3 is 15.1 Å². The minimum absolute atomic E-state index is 0. The number of nitrogens with one attached hydrogen (secondary N) is 1. The van der Waals surface area contributed by atoms with Gasteiger partial charge in [-0.3, -0.25) is 9.59 Å². The normalized spacial score (nSPS) is 37.0. The number of rotatable bonds is 3. The van der Waals surface area contributed by atoms with Gasteiger partial charge in [0.15, 0.2) is 0 Å². The zero-order valence-corrected chi connectivity index (χ0v) is 18.3. The number of likely N-dealkylation sites (tertiary alicyclic amines) is 2. The highest BCUT2D eigenvalue weighted by Crippen LogP contribution is 2.36. The molecule has 1 N–H and O–H groups in total. The highest BCUT2D eigenvalue weighted by atomic mass is 35.5. The zero-order valence-electron chi connectivity index (χ0n) is 17.5. The summed E-state index contributed by atoms with van der Waals surface area (Å²) in [4.78, 5) is 30.6. The molecule has 5 nitrogen and oxygen atoms in total. The second-order valence-electron chi connectivity index (χ2n) is 9.78. The van der Waals surface area contributed by atoms with Gasteiger partial charge in [-0.25, -0.2) is 0 Å². The van der Waals surface area contributed by atoms with E-state index in [4.69, 9.17) is 0 Å². The number of carbonyl (C=O) groups excluding carboxylic acids is 2. The Labute approximate surface area is 171 Å². The van der Waals surface area contributed by atoms with Crippen molar-refractivity contribution in [3.63, 3.8) is 0 Å². The lowest BCUT2D eigenvalue weighted by Gasteiger charge is -2.41. The molecule has 3 aliphatic heterocycles. The molecule has 3 rings (SSSR count). The van der Waals surface area contributed by atoms with E-state index in [-0.39, 0.29) is 24.2 Å². The quantitative estimate of drug-likeness (QED) is 0.793. The molecule has 0 aliphatic carbocycles. The first-order valence-electron chi connectivity index (χ1n) is 10.6. The molecule has 5 atom stereocenters. The molecule has 156 valence electrons. The molecule has 6 heteroatoms. The summed E-state index contributed by atoms with van der Waals surface area (Å²) in [6.45, 7) is 13.8. The largest absolute Gasteiger partial charge is 0.342 e. The summed E-state index contributed by atoms with van der Waals surface area (Å²) >= 11 is 0. The van der Waals surface area contributed by atoms with Gasteiger partial charge in [0.05, 0.1) is 5.41 Å². The van der Waals surface area contributed by atoms with Crippen molar-refractivity contribution < 1.29 is 9.59 Å². The SMILES string of the molecule is CC1CC(C)CN(C(=O)CC2(C(=O)N3CC(C)CC(C)C3)CCNC2)C1.Cl. The Morgan fingerprint density at radius 1 is 0.889 bits per heavy atom. The fourth-order valence-electron chi connectivity index (χ4n) is 5.58. The Bertz CT molecular complexity index is 516. The Hall–Kier alpha value is -0.810. The van der Waals surface area contributed by atoms with Crippen molar-refractivity contribution >= 4 is 24.2 Å². The standard InChI is InChI=1S/C21H37N3O2.ClH/c1-15-7-16(2)11-23(10-15)19(25)9-21(5-6-22-14-21)20(26)24-12-17(3)8-18(4)13-24;/h15-18,22H,5-14H2,1-4H3;1H. The van der Waals surface area contributed by atoms with Gasteiger partial charge in [-0.1, -0.05) is 27.7 Å². The van der Waals surface area contributed by atoms with Gasteiger partial charge in [0.1, 0.15) is 0 Å². The van der Waals surface area contributed by atoms with Crippen LogP contribution in [0.25, 0.3) is 0 Å². The molecule has 3 saturated heterocycles. The van der Waals surface area contributed by atoms with E-state index < -0.39 is 5.41 Å². The lowest BCUT2D eigenvalue weighted by molar-refractivity contribution is -0.150. The molecule has 0 radical (unpaired) electrons. The Kier molecular flexibility index (Phi) is 7.60. The van der Waals surface area contributed by atoms with E-state index in [2.05, 4.69) is 37.9 Å². The van der Waals surface area contributed by atoms with Crippen LogP contribution in [0.5, 0.6) is 0 Å². The summed E-state index contributed by atoms with van der Waals surface area (Å²) in [5.74, 6) is 2.60. The minimum Gasteiger partial charge on any atom is -0.342 e. The van der Waals surface area contributed by atoms with Crippen LogP contribution in [-0.4, -0.2) is 60.9 Å². The van der Waals surface area contributed by atoms with Crippen molar-refractivity contribution in [2.45, 2.75) is 53.4 Å². The monoisotopic (exact) mass is 399 g/mol. The van der Waals surface area contributed by atoms with E-state index in [0.717, 1.165) is 39.1 Å². The predicted octanol–water partition coefficient (Wildman–Crippen LogP) is 2.79. The molecule has 5 unspecified atom stereocenters. The van der Waals surface area contributed by atoms with Crippen molar-refractivity contribution in [1.82, 2.24) is 15.1 Å². The van der Waals surface area contributed by atoms with E-state index in [1.807, 2.05) is 4.90 Å².